The molecule has 0 aromatic heterocycles. The lowest BCUT2D eigenvalue weighted by Crippen LogP contribution is -2.39. The third-order valence-corrected chi connectivity index (χ3v) is 1.84. The smallest absolute Gasteiger partial charge is 0.100 e. The molecule has 0 aromatic carbocycles. The lowest BCUT2D eigenvalue weighted by Gasteiger charge is -2.25. The van der Waals surface area contributed by atoms with E-state index in [4.69, 9.17) is 10.8 Å². The first-order valence-corrected chi connectivity index (χ1v) is 4.66. The van der Waals surface area contributed by atoms with Crippen molar-refractivity contribution in [3.05, 3.63) is 10.4 Å². The van der Waals surface area contributed by atoms with Crippen molar-refractivity contribution in [1.29, 1.82) is 5.26 Å². The summed E-state index contributed by atoms with van der Waals surface area (Å²) in [5, 5.41) is 15.4. The Bertz CT molecular complexity index is 241. The highest BCUT2D eigenvalue weighted by molar-refractivity contribution is 4.97. The van der Waals surface area contributed by atoms with Gasteiger partial charge in [-0.15, -0.1) is 0 Å². The standard InChI is InChI=1S/C9H17N5/c1-9(2,3)8(7-10)12-5-4-6-13-14-11/h8,12H,4-6H2,1-3H3. The van der Waals surface area contributed by atoms with Crippen molar-refractivity contribution < 1.29 is 0 Å². The summed E-state index contributed by atoms with van der Waals surface area (Å²) in [7, 11) is 0. The van der Waals surface area contributed by atoms with Gasteiger partial charge in [-0.25, -0.2) is 0 Å². The Balaban J connectivity index is 3.76. The molecule has 1 atom stereocenters. The summed E-state index contributed by atoms with van der Waals surface area (Å²) in [6.45, 7) is 7.23. The number of nitriles is 1. The molecule has 1 unspecified atom stereocenters. The predicted octanol–water partition coefficient (Wildman–Crippen LogP) is 2.21. The van der Waals surface area contributed by atoms with E-state index in [9.17, 15) is 0 Å². The van der Waals surface area contributed by atoms with Gasteiger partial charge < -0.3 is 5.32 Å². The molecule has 0 radical (unpaired) electrons. The number of hydrogen-bond acceptors (Lipinski definition) is 3. The van der Waals surface area contributed by atoms with E-state index < -0.39 is 0 Å². The van der Waals surface area contributed by atoms with E-state index in [1.165, 1.54) is 0 Å². The van der Waals surface area contributed by atoms with Crippen molar-refractivity contribution in [2.45, 2.75) is 33.2 Å². The maximum absolute atomic E-state index is 8.87. The highest BCUT2D eigenvalue weighted by atomic mass is 15.1. The van der Waals surface area contributed by atoms with Gasteiger partial charge in [0.05, 0.1) is 6.07 Å². The molecule has 0 saturated heterocycles. The van der Waals surface area contributed by atoms with E-state index in [-0.39, 0.29) is 11.5 Å². The summed E-state index contributed by atoms with van der Waals surface area (Å²) >= 11 is 0. The minimum absolute atomic E-state index is 0.0623. The Morgan fingerprint density at radius 3 is 2.64 bits per heavy atom. The molecule has 5 nitrogen and oxygen atoms in total. The van der Waals surface area contributed by atoms with Crippen LogP contribution in [-0.4, -0.2) is 19.1 Å². The van der Waals surface area contributed by atoms with Gasteiger partial charge in [0.25, 0.3) is 0 Å². The molecule has 1 N–H and O–H groups in total. The molecule has 78 valence electrons. The van der Waals surface area contributed by atoms with E-state index in [1.54, 1.807) is 0 Å². The van der Waals surface area contributed by atoms with Gasteiger partial charge in [0.2, 0.25) is 0 Å². The molecule has 0 aliphatic heterocycles. The molecule has 0 spiro atoms. The van der Waals surface area contributed by atoms with Crippen LogP contribution in [0.3, 0.4) is 0 Å². The third kappa shape index (κ3) is 5.41. The van der Waals surface area contributed by atoms with Crippen LogP contribution in [0.15, 0.2) is 5.11 Å². The molecule has 0 aromatic rings. The second kappa shape index (κ2) is 6.25. The molecule has 14 heavy (non-hydrogen) atoms. The molecule has 0 bridgehead atoms. The molecule has 5 heteroatoms. The van der Waals surface area contributed by atoms with Crippen molar-refractivity contribution in [3.8, 4) is 6.07 Å². The minimum atomic E-state index is -0.159. The molecular weight excluding hydrogens is 178 g/mol. The summed E-state index contributed by atoms with van der Waals surface area (Å²) < 4.78 is 0. The van der Waals surface area contributed by atoms with Crippen molar-refractivity contribution in [1.82, 2.24) is 5.32 Å². The number of rotatable bonds is 5. The average Bonchev–Trinajstić information content (AvgIpc) is 2.09. The van der Waals surface area contributed by atoms with Crippen LogP contribution < -0.4 is 5.32 Å². The lowest BCUT2D eigenvalue weighted by molar-refractivity contribution is 0.320. The molecule has 0 heterocycles. The summed E-state index contributed by atoms with van der Waals surface area (Å²) in [5.41, 5.74) is 7.97. The monoisotopic (exact) mass is 195 g/mol. The van der Waals surface area contributed by atoms with Gasteiger partial charge in [-0.1, -0.05) is 25.9 Å². The summed E-state index contributed by atoms with van der Waals surface area (Å²) in [5.74, 6) is 0. The first-order valence-electron chi connectivity index (χ1n) is 4.66. The van der Waals surface area contributed by atoms with Gasteiger partial charge in [0.1, 0.15) is 6.04 Å². The molecule has 0 aliphatic rings. The Morgan fingerprint density at radius 2 is 2.21 bits per heavy atom. The van der Waals surface area contributed by atoms with Gasteiger partial charge >= 0.3 is 0 Å². The van der Waals surface area contributed by atoms with Crippen LogP contribution in [0.2, 0.25) is 0 Å². The molecule has 0 saturated carbocycles. The van der Waals surface area contributed by atoms with E-state index in [0.717, 1.165) is 6.42 Å². The normalized spacial score (nSPS) is 12.7. The highest BCUT2D eigenvalue weighted by Crippen LogP contribution is 2.18. The van der Waals surface area contributed by atoms with Crippen LogP contribution in [0.25, 0.3) is 10.4 Å². The zero-order valence-corrected chi connectivity index (χ0v) is 8.99. The van der Waals surface area contributed by atoms with Gasteiger partial charge in [-0.2, -0.15) is 5.26 Å². The Morgan fingerprint density at radius 1 is 1.57 bits per heavy atom. The summed E-state index contributed by atoms with van der Waals surface area (Å²) in [4.78, 5) is 2.65. The van der Waals surface area contributed by atoms with Gasteiger partial charge in [-0.05, 0) is 23.9 Å². The molecular formula is C9H17N5. The largest absolute Gasteiger partial charge is 0.301 e. The van der Waals surface area contributed by atoms with Crippen molar-refractivity contribution in [2.75, 3.05) is 13.1 Å². The SMILES string of the molecule is CC(C)(C)C(C#N)NCCCN=[N+]=[N-]. The first-order chi connectivity index (χ1) is 6.52. The van der Waals surface area contributed by atoms with E-state index in [0.29, 0.717) is 13.1 Å². The fraction of sp³-hybridized carbons (Fsp3) is 0.889. The van der Waals surface area contributed by atoms with E-state index in [2.05, 4.69) is 21.4 Å². The average molecular weight is 195 g/mol. The fourth-order valence-corrected chi connectivity index (χ4v) is 0.986. The van der Waals surface area contributed by atoms with E-state index in [1.807, 2.05) is 20.8 Å². The number of azide groups is 1. The highest BCUT2D eigenvalue weighted by Gasteiger charge is 2.23. The number of nitrogens with one attached hydrogen (secondary N) is 1. The van der Waals surface area contributed by atoms with Crippen LogP contribution in [0, 0.1) is 16.7 Å². The topological polar surface area (TPSA) is 84.6 Å². The van der Waals surface area contributed by atoms with Crippen LogP contribution >= 0.6 is 0 Å². The van der Waals surface area contributed by atoms with Crippen molar-refractivity contribution >= 4 is 0 Å². The Hall–Kier alpha value is -1.24. The van der Waals surface area contributed by atoms with Crippen LogP contribution in [0.1, 0.15) is 27.2 Å². The zero-order chi connectivity index (χ0) is 11.0. The number of hydrogen-bond donors (Lipinski definition) is 1. The van der Waals surface area contributed by atoms with Crippen LogP contribution in [0.4, 0.5) is 0 Å². The summed E-state index contributed by atoms with van der Waals surface area (Å²) in [6, 6.07) is 2.06. The van der Waals surface area contributed by atoms with Gasteiger partial charge in [-0.3, -0.25) is 0 Å². The molecule has 0 rings (SSSR count). The molecule has 0 fully saturated rings. The second-order valence-electron chi connectivity index (χ2n) is 4.19. The van der Waals surface area contributed by atoms with Crippen LogP contribution in [-0.2, 0) is 0 Å². The van der Waals surface area contributed by atoms with Crippen LogP contribution in [0.5, 0.6) is 0 Å². The van der Waals surface area contributed by atoms with Crippen molar-refractivity contribution in [2.24, 2.45) is 10.5 Å². The zero-order valence-electron chi connectivity index (χ0n) is 8.99. The Kier molecular flexibility index (Phi) is 5.70. The molecule has 0 amide bonds. The maximum Gasteiger partial charge on any atom is 0.100 e. The minimum Gasteiger partial charge on any atom is -0.301 e. The van der Waals surface area contributed by atoms with Gasteiger partial charge in [0.15, 0.2) is 0 Å². The fourth-order valence-electron chi connectivity index (χ4n) is 0.986. The quantitative estimate of drug-likeness (QED) is 0.315. The maximum atomic E-state index is 8.87. The van der Waals surface area contributed by atoms with Crippen molar-refractivity contribution in [3.63, 3.8) is 0 Å². The van der Waals surface area contributed by atoms with E-state index >= 15 is 0 Å². The predicted molar refractivity (Wildman–Crippen MR) is 55.5 cm³/mol. The lowest BCUT2D eigenvalue weighted by atomic mass is 9.88. The first kappa shape index (κ1) is 12.8. The van der Waals surface area contributed by atoms with Gasteiger partial charge in [0, 0.05) is 11.5 Å². The Labute approximate surface area is 84.7 Å². The second-order valence-corrected chi connectivity index (χ2v) is 4.19. The summed E-state index contributed by atoms with van der Waals surface area (Å²) in [6.07, 6.45) is 0.762. The molecule has 0 aliphatic carbocycles. The number of nitrogens with zero attached hydrogens (tertiary/aromatic N) is 4. The third-order valence-electron chi connectivity index (χ3n) is 1.84.